The van der Waals surface area contributed by atoms with E-state index in [9.17, 15) is 0 Å². The van der Waals surface area contributed by atoms with Crippen molar-refractivity contribution < 1.29 is 9.47 Å². The van der Waals surface area contributed by atoms with Gasteiger partial charge >= 0.3 is 0 Å². The molecule has 2 saturated heterocycles. The van der Waals surface area contributed by atoms with Crippen molar-refractivity contribution in [1.29, 1.82) is 0 Å². The molecule has 2 aromatic carbocycles. The maximum Gasteiger partial charge on any atom is 0.161 e. The fraction of sp³-hybridized carbons (Fsp3) is 0.571. The van der Waals surface area contributed by atoms with Gasteiger partial charge in [0.25, 0.3) is 0 Å². The molecular formula is C28H39ClN4O2. The van der Waals surface area contributed by atoms with Crippen molar-refractivity contribution in [2.75, 3.05) is 52.6 Å². The van der Waals surface area contributed by atoms with Crippen molar-refractivity contribution in [2.24, 2.45) is 0 Å². The molecule has 0 aliphatic carbocycles. The van der Waals surface area contributed by atoms with Gasteiger partial charge in [-0.1, -0.05) is 29.8 Å². The van der Waals surface area contributed by atoms with Crippen LogP contribution in [0.1, 0.15) is 36.8 Å². The van der Waals surface area contributed by atoms with Crippen molar-refractivity contribution in [3.63, 3.8) is 0 Å². The summed E-state index contributed by atoms with van der Waals surface area (Å²) in [5.41, 5.74) is 2.53. The van der Waals surface area contributed by atoms with E-state index < -0.39 is 0 Å². The lowest BCUT2D eigenvalue weighted by Crippen LogP contribution is -2.49. The number of nitrogens with one attached hydrogen (secondary N) is 2. The van der Waals surface area contributed by atoms with Crippen LogP contribution in [0.4, 0.5) is 0 Å². The maximum atomic E-state index is 6.02. The van der Waals surface area contributed by atoms with E-state index in [4.69, 9.17) is 21.1 Å². The Hall–Kier alpha value is -1.83. The van der Waals surface area contributed by atoms with Crippen molar-refractivity contribution in [2.45, 2.75) is 50.7 Å². The molecule has 7 heteroatoms. The van der Waals surface area contributed by atoms with E-state index in [-0.39, 0.29) is 0 Å². The minimum absolute atomic E-state index is 0.356. The first-order valence-electron chi connectivity index (χ1n) is 13.3. The minimum atomic E-state index is 0.356. The Labute approximate surface area is 214 Å². The third-order valence-corrected chi connectivity index (χ3v) is 7.72. The number of fused-ring (bicyclic) bond motifs is 1. The van der Waals surface area contributed by atoms with Crippen LogP contribution >= 0.6 is 11.6 Å². The Bertz CT molecular complexity index is 935. The lowest BCUT2D eigenvalue weighted by Gasteiger charge is -2.32. The quantitative estimate of drug-likeness (QED) is 0.362. The second-order valence-corrected chi connectivity index (χ2v) is 10.5. The van der Waals surface area contributed by atoms with Crippen molar-refractivity contribution >= 4 is 11.6 Å². The largest absolute Gasteiger partial charge is 0.486 e. The third-order valence-electron chi connectivity index (χ3n) is 7.47. The van der Waals surface area contributed by atoms with Crippen LogP contribution < -0.4 is 20.1 Å². The van der Waals surface area contributed by atoms with Gasteiger partial charge in [0.1, 0.15) is 13.2 Å². The zero-order chi connectivity index (χ0) is 23.9. The van der Waals surface area contributed by atoms with E-state index in [1.165, 1.54) is 63.0 Å². The second-order valence-electron chi connectivity index (χ2n) is 10.1. The molecule has 2 aromatic rings. The number of rotatable bonds is 11. The Kier molecular flexibility index (Phi) is 8.82. The zero-order valence-corrected chi connectivity index (χ0v) is 21.4. The van der Waals surface area contributed by atoms with Gasteiger partial charge in [0.15, 0.2) is 11.5 Å². The maximum absolute atomic E-state index is 6.02. The molecule has 190 valence electrons. The number of nitrogens with zero attached hydrogens (tertiary/aromatic N) is 2. The summed E-state index contributed by atoms with van der Waals surface area (Å²) in [7, 11) is 0. The third kappa shape index (κ3) is 7.11. The summed E-state index contributed by atoms with van der Waals surface area (Å²) in [6.45, 7) is 8.89. The highest BCUT2D eigenvalue weighted by Gasteiger charge is 2.29. The molecular weight excluding hydrogens is 460 g/mol. The normalized spacial score (nSPS) is 21.5. The van der Waals surface area contributed by atoms with E-state index in [2.05, 4.69) is 50.8 Å². The molecule has 0 spiro atoms. The molecule has 2 N–H and O–H groups in total. The average Bonchev–Trinajstić information content (AvgIpc) is 3.55. The topological polar surface area (TPSA) is 49.0 Å². The van der Waals surface area contributed by atoms with Gasteiger partial charge in [-0.25, -0.2) is 0 Å². The first-order chi connectivity index (χ1) is 17.2. The fourth-order valence-corrected chi connectivity index (χ4v) is 5.74. The van der Waals surface area contributed by atoms with Gasteiger partial charge in [-0.15, -0.1) is 0 Å². The molecule has 0 aromatic heterocycles. The van der Waals surface area contributed by atoms with Crippen LogP contribution in [0.25, 0.3) is 0 Å². The summed E-state index contributed by atoms with van der Waals surface area (Å²) >= 11 is 6.02. The Balaban J connectivity index is 1.20. The van der Waals surface area contributed by atoms with Gasteiger partial charge < -0.3 is 25.0 Å². The summed E-state index contributed by atoms with van der Waals surface area (Å²) in [5.74, 6) is 1.74. The summed E-state index contributed by atoms with van der Waals surface area (Å²) in [6, 6.07) is 15.5. The van der Waals surface area contributed by atoms with Crippen LogP contribution in [0, 0.1) is 0 Å². The molecule has 1 unspecified atom stereocenters. The van der Waals surface area contributed by atoms with E-state index in [0.29, 0.717) is 25.3 Å². The molecule has 3 aliphatic rings. The second kappa shape index (κ2) is 12.4. The van der Waals surface area contributed by atoms with Crippen molar-refractivity contribution in [3.8, 4) is 11.5 Å². The number of benzene rings is 2. The predicted octanol–water partition coefficient (Wildman–Crippen LogP) is 3.92. The van der Waals surface area contributed by atoms with Gasteiger partial charge in [0.2, 0.25) is 0 Å². The Morgan fingerprint density at radius 2 is 1.69 bits per heavy atom. The number of halogens is 1. The van der Waals surface area contributed by atoms with Gasteiger partial charge in [-0.2, -0.15) is 0 Å². The van der Waals surface area contributed by atoms with Crippen LogP contribution in [0.5, 0.6) is 11.5 Å². The highest BCUT2D eigenvalue weighted by molar-refractivity contribution is 6.30. The smallest absolute Gasteiger partial charge is 0.161 e. The van der Waals surface area contributed by atoms with Crippen LogP contribution in [0.3, 0.4) is 0 Å². The highest BCUT2D eigenvalue weighted by Crippen LogP contribution is 2.31. The van der Waals surface area contributed by atoms with Gasteiger partial charge in [0, 0.05) is 43.4 Å². The number of hydrogen-bond donors (Lipinski definition) is 2. The average molecular weight is 499 g/mol. The molecule has 3 aliphatic heterocycles. The molecule has 0 radical (unpaired) electrons. The number of hydrogen-bond acceptors (Lipinski definition) is 6. The molecule has 0 saturated carbocycles. The summed E-state index contributed by atoms with van der Waals surface area (Å²) in [6.07, 6.45) is 6.32. The lowest BCUT2D eigenvalue weighted by molar-refractivity contribution is 0.170. The van der Waals surface area contributed by atoms with Crippen LogP contribution in [-0.4, -0.2) is 74.5 Å². The van der Waals surface area contributed by atoms with E-state index in [0.717, 1.165) is 42.7 Å². The number of ether oxygens (including phenoxy) is 2. The van der Waals surface area contributed by atoms with Gasteiger partial charge in [0.05, 0.1) is 0 Å². The zero-order valence-electron chi connectivity index (χ0n) is 20.7. The van der Waals surface area contributed by atoms with Gasteiger partial charge in [-0.3, -0.25) is 4.90 Å². The Morgan fingerprint density at radius 3 is 2.51 bits per heavy atom. The van der Waals surface area contributed by atoms with Crippen LogP contribution in [0.2, 0.25) is 5.02 Å². The monoisotopic (exact) mass is 498 g/mol. The molecule has 2 fully saturated rings. The predicted molar refractivity (Wildman–Crippen MR) is 141 cm³/mol. The Morgan fingerprint density at radius 1 is 0.914 bits per heavy atom. The number of likely N-dealkylation sites (tertiary alicyclic amines) is 2. The van der Waals surface area contributed by atoms with E-state index in [1.54, 1.807) is 0 Å². The summed E-state index contributed by atoms with van der Waals surface area (Å²) in [5, 5.41) is 8.14. The van der Waals surface area contributed by atoms with Gasteiger partial charge in [-0.05, 0) is 87.1 Å². The van der Waals surface area contributed by atoms with E-state index >= 15 is 0 Å². The molecule has 3 heterocycles. The minimum Gasteiger partial charge on any atom is -0.486 e. The summed E-state index contributed by atoms with van der Waals surface area (Å²) < 4.78 is 11.6. The summed E-state index contributed by atoms with van der Waals surface area (Å²) in [4.78, 5) is 5.40. The molecule has 0 bridgehead atoms. The first-order valence-corrected chi connectivity index (χ1v) is 13.6. The fourth-order valence-electron chi connectivity index (χ4n) is 5.61. The molecule has 0 amide bonds. The standard InChI is InChI=1S/C28H39ClN4O2/c29-24-8-5-22(6-9-24)18-30-21-31-25(16-23-7-10-27-28(17-23)35-15-14-34-27)19-33-13-3-4-26(33)20-32-11-1-2-12-32/h5-10,17,25-26,30-31H,1-4,11-16,18-21H2/t25-,26?/m0/s1. The lowest BCUT2D eigenvalue weighted by atomic mass is 10.0. The first kappa shape index (κ1) is 24.8. The van der Waals surface area contributed by atoms with Crippen molar-refractivity contribution in [3.05, 3.63) is 58.6 Å². The molecule has 5 rings (SSSR count). The van der Waals surface area contributed by atoms with E-state index in [1.807, 2.05) is 12.1 Å². The molecule has 35 heavy (non-hydrogen) atoms. The SMILES string of the molecule is Clc1ccc(CNCN[C@@H](Cc2ccc3c(c2)OCCO3)CN2CCCC2CN2CCCC2)cc1. The highest BCUT2D eigenvalue weighted by atomic mass is 35.5. The molecule has 6 nitrogen and oxygen atoms in total. The molecule has 2 atom stereocenters. The van der Waals surface area contributed by atoms with Crippen molar-refractivity contribution in [1.82, 2.24) is 20.4 Å². The van der Waals surface area contributed by atoms with Crippen LogP contribution in [0.15, 0.2) is 42.5 Å². The van der Waals surface area contributed by atoms with Crippen LogP contribution in [-0.2, 0) is 13.0 Å².